The van der Waals surface area contributed by atoms with Crippen LogP contribution in [0.5, 0.6) is 0 Å². The number of nitrogens with one attached hydrogen (secondary N) is 1. The standard InChI is InChI=1S/C23H31FN4O2/c24-19-10-8-17(9-11-19)22-26-21(30-27-22)16-28-14-12-18(13-15-28)23(29)25-20-6-4-2-1-3-5-7-20/h8-11,18,20H,1-7,12-16H2,(H,25,29). The molecule has 0 bridgehead atoms. The van der Waals surface area contributed by atoms with Crippen molar-refractivity contribution in [2.75, 3.05) is 13.1 Å². The molecule has 2 fully saturated rings. The van der Waals surface area contributed by atoms with Gasteiger partial charge in [0.15, 0.2) is 0 Å². The lowest BCUT2D eigenvalue weighted by Gasteiger charge is -2.31. The van der Waals surface area contributed by atoms with Crippen molar-refractivity contribution in [2.24, 2.45) is 5.92 Å². The zero-order chi connectivity index (χ0) is 20.8. The minimum atomic E-state index is -0.288. The van der Waals surface area contributed by atoms with Crippen molar-refractivity contribution >= 4 is 5.91 Å². The lowest BCUT2D eigenvalue weighted by molar-refractivity contribution is -0.127. The van der Waals surface area contributed by atoms with Gasteiger partial charge < -0.3 is 9.84 Å². The molecule has 4 rings (SSSR count). The van der Waals surface area contributed by atoms with Gasteiger partial charge in [-0.1, -0.05) is 37.3 Å². The average Bonchev–Trinajstić information content (AvgIpc) is 3.19. The summed E-state index contributed by atoms with van der Waals surface area (Å²) >= 11 is 0. The molecule has 0 radical (unpaired) electrons. The summed E-state index contributed by atoms with van der Waals surface area (Å²) in [6.07, 6.45) is 10.4. The first-order valence-corrected chi connectivity index (χ1v) is 11.3. The molecule has 1 amide bonds. The molecule has 162 valence electrons. The number of nitrogens with zero attached hydrogens (tertiary/aromatic N) is 3. The quantitative estimate of drug-likeness (QED) is 0.789. The summed E-state index contributed by atoms with van der Waals surface area (Å²) in [4.78, 5) is 19.4. The molecule has 6 nitrogen and oxygen atoms in total. The summed E-state index contributed by atoms with van der Waals surface area (Å²) in [5.41, 5.74) is 0.732. The molecule has 1 aromatic heterocycles. The predicted octanol–water partition coefficient (Wildman–Crippen LogP) is 4.32. The van der Waals surface area contributed by atoms with Crippen LogP contribution in [0.2, 0.25) is 0 Å². The maximum absolute atomic E-state index is 13.1. The predicted molar refractivity (Wildman–Crippen MR) is 112 cm³/mol. The van der Waals surface area contributed by atoms with Crippen LogP contribution < -0.4 is 5.32 Å². The number of hydrogen-bond acceptors (Lipinski definition) is 5. The fraction of sp³-hybridized carbons (Fsp3) is 0.609. The van der Waals surface area contributed by atoms with E-state index in [0.717, 1.165) is 44.3 Å². The van der Waals surface area contributed by atoms with Crippen LogP contribution >= 0.6 is 0 Å². The molecule has 1 N–H and O–H groups in total. The number of carbonyl (C=O) groups excluding carboxylic acids is 1. The summed E-state index contributed by atoms with van der Waals surface area (Å²) < 4.78 is 18.4. The second kappa shape index (κ2) is 10.2. The maximum atomic E-state index is 13.1. The topological polar surface area (TPSA) is 71.3 Å². The first-order chi connectivity index (χ1) is 14.7. The maximum Gasteiger partial charge on any atom is 0.241 e. The smallest absolute Gasteiger partial charge is 0.241 e. The minimum absolute atomic E-state index is 0.101. The van der Waals surface area contributed by atoms with Crippen LogP contribution in [0.15, 0.2) is 28.8 Å². The molecule has 1 saturated carbocycles. The van der Waals surface area contributed by atoms with Gasteiger partial charge in [-0.25, -0.2) is 4.39 Å². The number of benzene rings is 1. The normalized spacial score (nSPS) is 19.9. The number of halogens is 1. The van der Waals surface area contributed by atoms with Gasteiger partial charge >= 0.3 is 0 Å². The number of hydrogen-bond donors (Lipinski definition) is 1. The van der Waals surface area contributed by atoms with Crippen molar-refractivity contribution < 1.29 is 13.7 Å². The summed E-state index contributed by atoms with van der Waals surface area (Å²) in [7, 11) is 0. The molecule has 2 aromatic rings. The molecule has 7 heteroatoms. The lowest BCUT2D eigenvalue weighted by Crippen LogP contribution is -2.43. The highest BCUT2D eigenvalue weighted by Crippen LogP contribution is 2.22. The Morgan fingerprint density at radius 2 is 1.70 bits per heavy atom. The van der Waals surface area contributed by atoms with Gasteiger partial charge in [-0.3, -0.25) is 9.69 Å². The molecule has 2 aliphatic rings. The molecule has 0 unspecified atom stereocenters. The van der Waals surface area contributed by atoms with Crippen molar-refractivity contribution in [1.29, 1.82) is 0 Å². The zero-order valence-electron chi connectivity index (χ0n) is 17.5. The van der Waals surface area contributed by atoms with E-state index >= 15 is 0 Å². The van der Waals surface area contributed by atoms with Gasteiger partial charge in [0.05, 0.1) is 6.54 Å². The fourth-order valence-corrected chi connectivity index (χ4v) is 4.50. The fourth-order valence-electron chi connectivity index (χ4n) is 4.50. The van der Waals surface area contributed by atoms with Crippen LogP contribution in [-0.2, 0) is 11.3 Å². The molecular formula is C23H31FN4O2. The van der Waals surface area contributed by atoms with E-state index in [-0.39, 0.29) is 17.6 Å². The van der Waals surface area contributed by atoms with Crippen molar-refractivity contribution in [3.05, 3.63) is 36.0 Å². The average molecular weight is 415 g/mol. The molecule has 0 atom stereocenters. The first-order valence-electron chi connectivity index (χ1n) is 11.3. The van der Waals surface area contributed by atoms with E-state index in [0.29, 0.717) is 24.3 Å². The number of aromatic nitrogens is 2. The highest BCUT2D eigenvalue weighted by molar-refractivity contribution is 5.79. The summed E-state index contributed by atoms with van der Waals surface area (Å²) in [5.74, 6) is 1.06. The van der Waals surface area contributed by atoms with Crippen LogP contribution in [0.4, 0.5) is 4.39 Å². The van der Waals surface area contributed by atoms with Crippen molar-refractivity contribution in [3.63, 3.8) is 0 Å². The Bertz CT molecular complexity index is 807. The number of rotatable bonds is 5. The van der Waals surface area contributed by atoms with E-state index in [2.05, 4.69) is 20.4 Å². The largest absolute Gasteiger partial charge is 0.353 e. The van der Waals surface area contributed by atoms with E-state index in [9.17, 15) is 9.18 Å². The highest BCUT2D eigenvalue weighted by Gasteiger charge is 2.27. The van der Waals surface area contributed by atoms with Crippen molar-refractivity contribution in [2.45, 2.75) is 70.4 Å². The first kappa shape index (κ1) is 21.0. The Labute approximate surface area is 177 Å². The Kier molecular flexibility index (Phi) is 7.10. The van der Waals surface area contributed by atoms with E-state index in [1.165, 1.54) is 44.2 Å². The van der Waals surface area contributed by atoms with Crippen molar-refractivity contribution in [1.82, 2.24) is 20.4 Å². The van der Waals surface area contributed by atoms with Gasteiger partial charge in [0.2, 0.25) is 17.6 Å². The Balaban J connectivity index is 1.23. The van der Waals surface area contributed by atoms with Crippen molar-refractivity contribution in [3.8, 4) is 11.4 Å². The molecular weight excluding hydrogens is 383 g/mol. The van der Waals surface area contributed by atoms with Crippen LogP contribution in [0.3, 0.4) is 0 Å². The molecule has 1 saturated heterocycles. The Morgan fingerprint density at radius 1 is 1.03 bits per heavy atom. The Hall–Kier alpha value is -2.28. The monoisotopic (exact) mass is 414 g/mol. The minimum Gasteiger partial charge on any atom is -0.353 e. The van der Waals surface area contributed by atoms with E-state index in [1.807, 2.05) is 0 Å². The molecule has 1 aliphatic carbocycles. The van der Waals surface area contributed by atoms with Gasteiger partial charge in [-0.15, -0.1) is 0 Å². The van der Waals surface area contributed by atoms with Gasteiger partial charge in [0, 0.05) is 17.5 Å². The van der Waals surface area contributed by atoms with E-state index in [1.54, 1.807) is 12.1 Å². The number of piperidine rings is 1. The number of carbonyl (C=O) groups is 1. The number of likely N-dealkylation sites (tertiary alicyclic amines) is 1. The highest BCUT2D eigenvalue weighted by atomic mass is 19.1. The molecule has 30 heavy (non-hydrogen) atoms. The van der Waals surface area contributed by atoms with Gasteiger partial charge in [-0.2, -0.15) is 4.98 Å². The van der Waals surface area contributed by atoms with Gasteiger partial charge in [0.1, 0.15) is 5.82 Å². The van der Waals surface area contributed by atoms with Crippen LogP contribution in [0, 0.1) is 11.7 Å². The second-order valence-electron chi connectivity index (χ2n) is 8.62. The second-order valence-corrected chi connectivity index (χ2v) is 8.62. The molecule has 1 aromatic carbocycles. The third-order valence-electron chi connectivity index (χ3n) is 6.34. The van der Waals surface area contributed by atoms with E-state index in [4.69, 9.17) is 4.52 Å². The summed E-state index contributed by atoms with van der Waals surface area (Å²) in [6.45, 7) is 2.26. The van der Waals surface area contributed by atoms with E-state index < -0.39 is 0 Å². The molecule has 1 aliphatic heterocycles. The third-order valence-corrected chi connectivity index (χ3v) is 6.34. The SMILES string of the molecule is O=C(NC1CCCCCCC1)C1CCN(Cc2nc(-c3ccc(F)cc3)no2)CC1. The van der Waals surface area contributed by atoms with Gasteiger partial charge in [0.25, 0.3) is 0 Å². The lowest BCUT2D eigenvalue weighted by atomic mass is 9.93. The summed E-state index contributed by atoms with van der Waals surface area (Å²) in [6, 6.07) is 6.42. The summed E-state index contributed by atoms with van der Waals surface area (Å²) in [5, 5.41) is 7.33. The van der Waals surface area contributed by atoms with Crippen LogP contribution in [-0.4, -0.2) is 40.1 Å². The van der Waals surface area contributed by atoms with Gasteiger partial charge in [-0.05, 0) is 63.0 Å². The zero-order valence-corrected chi connectivity index (χ0v) is 17.5. The van der Waals surface area contributed by atoms with Crippen LogP contribution in [0.25, 0.3) is 11.4 Å². The molecule has 2 heterocycles. The number of amides is 1. The molecule has 0 spiro atoms. The third kappa shape index (κ3) is 5.65. The van der Waals surface area contributed by atoms with Crippen LogP contribution in [0.1, 0.15) is 63.7 Å². The Morgan fingerprint density at radius 3 is 2.40 bits per heavy atom.